The molecule has 2 heterocycles. The molecule has 3 aromatic rings. The second-order valence-corrected chi connectivity index (χ2v) is 10.2. The number of nitrogen functional groups attached to an aromatic ring is 1. The third-order valence-electron chi connectivity index (χ3n) is 6.54. The van der Waals surface area contributed by atoms with Crippen molar-refractivity contribution >= 4 is 50.9 Å². The van der Waals surface area contributed by atoms with E-state index in [2.05, 4.69) is 27.1 Å². The summed E-state index contributed by atoms with van der Waals surface area (Å²) in [6.45, 7) is 4.25. The Morgan fingerprint density at radius 1 is 1.28 bits per heavy atom. The Hall–Kier alpha value is -3.72. The van der Waals surface area contributed by atoms with Crippen LogP contribution in [-0.4, -0.2) is 74.1 Å². The molecule has 1 amide bonds. The molecule has 10 nitrogen and oxygen atoms in total. The fourth-order valence-corrected chi connectivity index (χ4v) is 5.79. The molecular weight excluding hydrogens is 516 g/mol. The van der Waals surface area contributed by atoms with Gasteiger partial charge in [-0.3, -0.25) is 4.79 Å². The summed E-state index contributed by atoms with van der Waals surface area (Å²) >= 11 is 1.64. The van der Waals surface area contributed by atoms with Gasteiger partial charge in [-0.15, -0.1) is 11.3 Å². The quantitative estimate of drug-likeness (QED) is 0.187. The number of benzene rings is 1. The number of carbonyl (C=O) groups is 1. The van der Waals surface area contributed by atoms with Crippen LogP contribution in [0.25, 0.3) is 10.2 Å². The van der Waals surface area contributed by atoms with Gasteiger partial charge in [0, 0.05) is 61.6 Å². The summed E-state index contributed by atoms with van der Waals surface area (Å²) < 4.78 is 16.1. The van der Waals surface area contributed by atoms with Crippen molar-refractivity contribution in [1.82, 2.24) is 14.9 Å². The van der Waals surface area contributed by atoms with Gasteiger partial charge in [0.15, 0.2) is 0 Å². The number of aryl methyl sites for hydroxylation is 1. The Morgan fingerprint density at radius 2 is 2.05 bits per heavy atom. The van der Waals surface area contributed by atoms with E-state index in [9.17, 15) is 4.79 Å². The normalized spacial score (nSPS) is 14.3. The lowest BCUT2D eigenvalue weighted by Crippen LogP contribution is -2.35. The first kappa shape index (κ1) is 28.3. The summed E-state index contributed by atoms with van der Waals surface area (Å²) in [5.74, 6) is 7.24. The number of thiophene rings is 1. The number of amides is 1. The van der Waals surface area contributed by atoms with Gasteiger partial charge in [-0.2, -0.15) is 0 Å². The highest BCUT2D eigenvalue weighted by Gasteiger charge is 2.25. The number of ether oxygens (including phenoxy) is 3. The van der Waals surface area contributed by atoms with Gasteiger partial charge in [0.2, 0.25) is 0 Å². The third-order valence-corrected chi connectivity index (χ3v) is 7.70. The minimum atomic E-state index is -0.207. The molecule has 4 N–H and O–H groups in total. The maximum atomic E-state index is 12.7. The number of nitrogens with two attached hydrogens (primary N) is 1. The third kappa shape index (κ3) is 6.65. The number of anilines is 3. The van der Waals surface area contributed by atoms with Crippen LogP contribution in [0.5, 0.6) is 5.75 Å². The molecule has 1 unspecified atom stereocenters. The molecule has 11 heteroatoms. The first-order valence-corrected chi connectivity index (χ1v) is 13.7. The smallest absolute Gasteiger partial charge is 0.298 e. The fourth-order valence-electron chi connectivity index (χ4n) is 4.53. The number of methoxy groups -OCH3 is 2. The fraction of sp³-hybridized carbons (Fsp3) is 0.429. The van der Waals surface area contributed by atoms with Gasteiger partial charge in [0.1, 0.15) is 22.7 Å². The molecular formula is C28H34N6O4S. The van der Waals surface area contributed by atoms with E-state index in [1.54, 1.807) is 48.9 Å². The topological polar surface area (TPSA) is 136 Å². The summed E-state index contributed by atoms with van der Waals surface area (Å²) in [6.07, 6.45) is 5.18. The van der Waals surface area contributed by atoms with Crippen LogP contribution in [0.2, 0.25) is 0 Å². The number of hydrogen-bond acceptors (Lipinski definition) is 10. The second-order valence-electron chi connectivity index (χ2n) is 9.07. The van der Waals surface area contributed by atoms with Crippen LogP contribution < -0.4 is 15.8 Å². The largest absolute Gasteiger partial charge is 0.492 e. The molecule has 1 aliphatic rings. The molecule has 0 saturated heterocycles. The average molecular weight is 551 g/mol. The van der Waals surface area contributed by atoms with Crippen molar-refractivity contribution in [3.63, 3.8) is 0 Å². The van der Waals surface area contributed by atoms with Crippen molar-refractivity contribution in [3.05, 3.63) is 34.5 Å². The molecule has 2 aromatic heterocycles. The zero-order valence-corrected chi connectivity index (χ0v) is 23.3. The molecule has 4 rings (SSSR count). The van der Waals surface area contributed by atoms with Gasteiger partial charge in [0.25, 0.3) is 5.91 Å². The van der Waals surface area contributed by atoms with E-state index in [0.29, 0.717) is 61.4 Å². The van der Waals surface area contributed by atoms with Crippen molar-refractivity contribution in [3.8, 4) is 17.6 Å². The highest BCUT2D eigenvalue weighted by Crippen LogP contribution is 2.41. The monoisotopic (exact) mass is 550 g/mol. The van der Waals surface area contributed by atoms with Gasteiger partial charge < -0.3 is 35.6 Å². The van der Waals surface area contributed by atoms with Gasteiger partial charge in [0.05, 0.1) is 30.9 Å². The lowest BCUT2D eigenvalue weighted by molar-refractivity contribution is -0.126. The number of aromatic nitrogens is 2. The molecule has 0 fully saturated rings. The first-order chi connectivity index (χ1) is 19.0. The zero-order valence-electron chi connectivity index (χ0n) is 22.5. The molecule has 0 bridgehead atoms. The maximum Gasteiger partial charge on any atom is 0.298 e. The number of nitrogens with zero attached hydrogens (tertiary/aromatic N) is 3. The summed E-state index contributed by atoms with van der Waals surface area (Å²) in [7, 11) is 3.23. The van der Waals surface area contributed by atoms with Crippen molar-refractivity contribution < 1.29 is 19.0 Å². The Balaban J connectivity index is 1.57. The van der Waals surface area contributed by atoms with Crippen molar-refractivity contribution in [2.75, 3.05) is 58.2 Å². The highest BCUT2D eigenvalue weighted by atomic mass is 32.1. The van der Waals surface area contributed by atoms with E-state index in [0.717, 1.165) is 29.5 Å². The Labute approximate surface area is 232 Å². The van der Waals surface area contributed by atoms with E-state index in [4.69, 9.17) is 25.4 Å². The van der Waals surface area contributed by atoms with Crippen molar-refractivity contribution in [2.24, 2.45) is 5.92 Å². The highest BCUT2D eigenvalue weighted by molar-refractivity contribution is 7.19. The lowest BCUT2D eigenvalue weighted by Gasteiger charge is -2.20. The molecule has 1 atom stereocenters. The van der Waals surface area contributed by atoms with Crippen LogP contribution >= 0.6 is 11.3 Å². The summed E-state index contributed by atoms with van der Waals surface area (Å²) in [5.41, 5.74) is 9.05. The molecule has 1 aromatic carbocycles. The van der Waals surface area contributed by atoms with Crippen LogP contribution in [0, 0.1) is 23.2 Å². The molecule has 0 radical (unpaired) electrons. The van der Waals surface area contributed by atoms with Gasteiger partial charge in [-0.25, -0.2) is 9.97 Å². The molecule has 206 valence electrons. The Bertz CT molecular complexity index is 1390. The standard InChI is InChI=1S/C28H34N6O4S/c1-4-38-23-15-21(30)19(16-29)14-22(23)33-27-26-20-7-5-18(13-24(20)39-28(26)32-17-31-27)6-8-25(35)34(9-11-36-2)10-12-37-3/h14-18,29H,4-5,7,9-13,30H2,1-3H3,(H,31,32,33). The lowest BCUT2D eigenvalue weighted by atomic mass is 9.88. The van der Waals surface area contributed by atoms with E-state index < -0.39 is 0 Å². The van der Waals surface area contributed by atoms with E-state index in [-0.39, 0.29) is 11.8 Å². The Morgan fingerprint density at radius 3 is 2.74 bits per heavy atom. The van der Waals surface area contributed by atoms with Crippen molar-refractivity contribution in [2.45, 2.75) is 26.2 Å². The second kappa shape index (κ2) is 13.4. The number of fused-ring (bicyclic) bond motifs is 3. The van der Waals surface area contributed by atoms with Crippen LogP contribution in [-0.2, 0) is 27.1 Å². The number of nitrogens with one attached hydrogen (secondary N) is 2. The SMILES string of the molecule is CCOc1cc(N)c(C=N)cc1Nc1ncnc2sc3c(c12)CCC(C#CC(=O)N(CCOC)CCOC)C3. The summed E-state index contributed by atoms with van der Waals surface area (Å²) in [4.78, 5) is 25.6. The maximum absolute atomic E-state index is 12.7. The van der Waals surface area contributed by atoms with E-state index >= 15 is 0 Å². The minimum absolute atomic E-state index is 0.0855. The molecule has 39 heavy (non-hydrogen) atoms. The summed E-state index contributed by atoms with van der Waals surface area (Å²) in [6, 6.07) is 3.52. The zero-order chi connectivity index (χ0) is 27.8. The van der Waals surface area contributed by atoms with Crippen LogP contribution in [0.1, 0.15) is 29.3 Å². The predicted octanol–water partition coefficient (Wildman–Crippen LogP) is 3.64. The first-order valence-electron chi connectivity index (χ1n) is 12.9. The van der Waals surface area contributed by atoms with Crippen molar-refractivity contribution in [1.29, 1.82) is 5.41 Å². The number of rotatable bonds is 11. The molecule has 0 spiro atoms. The van der Waals surface area contributed by atoms with Gasteiger partial charge >= 0.3 is 0 Å². The Kier molecular flexibility index (Phi) is 9.70. The van der Waals surface area contributed by atoms with Gasteiger partial charge in [-0.1, -0.05) is 5.92 Å². The average Bonchev–Trinajstić information content (AvgIpc) is 3.32. The van der Waals surface area contributed by atoms with Crippen LogP contribution in [0.4, 0.5) is 17.2 Å². The van der Waals surface area contributed by atoms with Crippen LogP contribution in [0.15, 0.2) is 18.5 Å². The molecule has 0 saturated carbocycles. The number of carbonyl (C=O) groups excluding carboxylic acids is 1. The molecule has 0 aliphatic heterocycles. The minimum Gasteiger partial charge on any atom is -0.492 e. The summed E-state index contributed by atoms with van der Waals surface area (Å²) in [5, 5.41) is 12.1. The van der Waals surface area contributed by atoms with Crippen LogP contribution in [0.3, 0.4) is 0 Å². The van der Waals surface area contributed by atoms with Gasteiger partial charge in [-0.05, 0) is 43.7 Å². The predicted molar refractivity (Wildman–Crippen MR) is 154 cm³/mol. The van der Waals surface area contributed by atoms with E-state index in [1.807, 2.05) is 6.92 Å². The van der Waals surface area contributed by atoms with E-state index in [1.165, 1.54) is 16.7 Å². The molecule has 1 aliphatic carbocycles. The number of hydrogen-bond donors (Lipinski definition) is 3.